The second kappa shape index (κ2) is 13.0. The number of ether oxygens (including phenoxy) is 3. The number of aromatic nitrogens is 5. The monoisotopic (exact) mass is 619 g/mol. The minimum atomic E-state index is -4.47. The number of alkyl halides is 3. The van der Waals surface area contributed by atoms with Gasteiger partial charge in [-0.05, 0) is 30.0 Å². The van der Waals surface area contributed by atoms with Crippen LogP contribution in [0.2, 0.25) is 0 Å². The van der Waals surface area contributed by atoms with Crippen molar-refractivity contribution in [2.45, 2.75) is 37.4 Å². The molecule has 1 aliphatic carbocycles. The van der Waals surface area contributed by atoms with Crippen LogP contribution in [0.15, 0.2) is 47.4 Å². The first-order chi connectivity index (χ1) is 21.1. The van der Waals surface area contributed by atoms with Gasteiger partial charge in [0.1, 0.15) is 16.9 Å². The summed E-state index contributed by atoms with van der Waals surface area (Å²) in [5.41, 5.74) is -0.439. The maximum atomic E-state index is 14.9. The zero-order valence-electron chi connectivity index (χ0n) is 23.8. The Hall–Kier alpha value is -4.57. The van der Waals surface area contributed by atoms with Crippen molar-refractivity contribution in [2.24, 2.45) is 0 Å². The van der Waals surface area contributed by atoms with Crippen molar-refractivity contribution in [3.63, 3.8) is 0 Å². The maximum Gasteiger partial charge on any atom is 0.401 e. The lowest BCUT2D eigenvalue weighted by molar-refractivity contribution is -0.165. The van der Waals surface area contributed by atoms with Gasteiger partial charge in [0.25, 0.3) is 5.88 Å². The number of halogens is 4. The van der Waals surface area contributed by atoms with E-state index in [1.807, 2.05) is 0 Å². The first-order valence-corrected chi connectivity index (χ1v) is 13.5. The number of amides is 1. The molecule has 0 saturated heterocycles. The lowest BCUT2D eigenvalue weighted by Crippen LogP contribution is -2.28. The highest BCUT2D eigenvalue weighted by molar-refractivity contribution is 5.91. The Kier molecular flexibility index (Phi) is 9.10. The predicted molar refractivity (Wildman–Crippen MR) is 148 cm³/mol. The van der Waals surface area contributed by atoms with Crippen LogP contribution in [0.4, 0.5) is 35.0 Å². The molecule has 1 aromatic carbocycles. The molecular formula is C28H29F4N7O5. The number of anilines is 3. The van der Waals surface area contributed by atoms with Crippen LogP contribution >= 0.6 is 0 Å². The molecule has 2 N–H and O–H groups in total. The van der Waals surface area contributed by atoms with Gasteiger partial charge in [0, 0.05) is 31.1 Å². The smallest absolute Gasteiger partial charge is 0.401 e. The number of benzene rings is 1. The largest absolute Gasteiger partial charge is 0.478 e. The molecule has 0 spiro atoms. The van der Waals surface area contributed by atoms with Gasteiger partial charge in [-0.3, -0.25) is 9.48 Å². The fourth-order valence-electron chi connectivity index (χ4n) is 4.40. The highest BCUT2D eigenvalue weighted by Gasteiger charge is 2.66. The van der Waals surface area contributed by atoms with Crippen molar-refractivity contribution >= 4 is 23.4 Å². The minimum Gasteiger partial charge on any atom is -0.478 e. The predicted octanol–water partition coefficient (Wildman–Crippen LogP) is 4.66. The van der Waals surface area contributed by atoms with E-state index >= 15 is 0 Å². The minimum absolute atomic E-state index is 0.0799. The number of hydrogen-bond acceptors (Lipinski definition) is 10. The molecule has 1 fully saturated rings. The SMILES string of the molecule is COCCOCCn1cc(Nc2ncc(-c3ccc(CC(=O)Nc4cc(C5(C(F)(F)F)CC5)on4)c(F)c3)cn2)c(OC)n1. The molecule has 0 atom stereocenters. The molecule has 0 unspecified atom stereocenters. The molecule has 3 heterocycles. The summed E-state index contributed by atoms with van der Waals surface area (Å²) in [5, 5.41) is 13.3. The summed E-state index contributed by atoms with van der Waals surface area (Å²) in [5.74, 6) is -1.24. The third-order valence-electron chi connectivity index (χ3n) is 7.00. The Balaban J connectivity index is 1.17. The van der Waals surface area contributed by atoms with Gasteiger partial charge in [0.15, 0.2) is 11.6 Å². The lowest BCUT2D eigenvalue weighted by atomic mass is 10.0. The number of rotatable bonds is 14. The number of methoxy groups -OCH3 is 2. The number of hydrogen-bond donors (Lipinski definition) is 2. The van der Waals surface area contributed by atoms with E-state index in [0.717, 1.165) is 6.07 Å². The molecule has 16 heteroatoms. The fourth-order valence-corrected chi connectivity index (χ4v) is 4.40. The van der Waals surface area contributed by atoms with E-state index in [4.69, 9.17) is 18.7 Å². The Morgan fingerprint density at radius 1 is 1.09 bits per heavy atom. The van der Waals surface area contributed by atoms with Gasteiger partial charge in [-0.2, -0.15) is 13.2 Å². The quantitative estimate of drug-likeness (QED) is 0.151. The molecule has 1 saturated carbocycles. The topological polar surface area (TPSA) is 138 Å². The molecule has 0 bridgehead atoms. The third kappa shape index (κ3) is 6.97. The van der Waals surface area contributed by atoms with Crippen molar-refractivity contribution in [1.29, 1.82) is 0 Å². The second-order valence-corrected chi connectivity index (χ2v) is 10.0. The first kappa shape index (κ1) is 30.9. The normalized spacial score (nSPS) is 14.0. The van der Waals surface area contributed by atoms with Gasteiger partial charge in [0.05, 0.1) is 46.1 Å². The number of nitrogens with one attached hydrogen (secondary N) is 2. The molecule has 0 aliphatic heterocycles. The number of nitrogens with zero attached hydrogens (tertiary/aromatic N) is 5. The standard InChI is InChI=1S/C28H29F4N7O5/c1-41-9-10-43-8-7-39-16-21(25(37-39)42-2)35-26-33-14-19(15-34-26)17-3-4-18(20(29)11-17)12-24(40)36-23-13-22(44-38-23)27(5-6-27)28(30,31)32/h3-4,11,13-16H,5-10,12H2,1-2H3,(H,33,34,35)(H,36,38,40). The molecule has 1 amide bonds. The summed E-state index contributed by atoms with van der Waals surface area (Å²) in [4.78, 5) is 21.0. The van der Waals surface area contributed by atoms with Crippen molar-refractivity contribution in [3.8, 4) is 17.0 Å². The van der Waals surface area contributed by atoms with E-state index in [9.17, 15) is 22.4 Å². The number of carbonyl (C=O) groups is 1. The average Bonchev–Trinajstić information content (AvgIpc) is 3.55. The van der Waals surface area contributed by atoms with E-state index in [-0.39, 0.29) is 42.4 Å². The highest BCUT2D eigenvalue weighted by Crippen LogP contribution is 2.59. The van der Waals surface area contributed by atoms with Crippen molar-refractivity contribution in [1.82, 2.24) is 24.9 Å². The van der Waals surface area contributed by atoms with E-state index < -0.39 is 23.3 Å². The van der Waals surface area contributed by atoms with Gasteiger partial charge in [-0.25, -0.2) is 14.4 Å². The van der Waals surface area contributed by atoms with Crippen molar-refractivity contribution < 1.29 is 41.1 Å². The van der Waals surface area contributed by atoms with Gasteiger partial charge in [-0.1, -0.05) is 17.3 Å². The highest BCUT2D eigenvalue weighted by atomic mass is 19.4. The maximum absolute atomic E-state index is 14.9. The van der Waals surface area contributed by atoms with Crippen LogP contribution in [0.5, 0.6) is 5.88 Å². The van der Waals surface area contributed by atoms with Gasteiger partial charge >= 0.3 is 6.18 Å². The van der Waals surface area contributed by atoms with Crippen molar-refractivity contribution in [2.75, 3.05) is 44.7 Å². The van der Waals surface area contributed by atoms with E-state index in [2.05, 4.69) is 30.9 Å². The fraction of sp³-hybridized carbons (Fsp3) is 0.393. The lowest BCUT2D eigenvalue weighted by Gasteiger charge is -2.14. The van der Waals surface area contributed by atoms with Crippen LogP contribution in [0.3, 0.4) is 0 Å². The summed E-state index contributed by atoms with van der Waals surface area (Å²) in [7, 11) is 3.09. The summed E-state index contributed by atoms with van der Waals surface area (Å²) in [6.07, 6.45) is -0.305. The molecule has 12 nitrogen and oxygen atoms in total. The molecule has 4 aromatic rings. The molecule has 5 rings (SSSR count). The Morgan fingerprint density at radius 3 is 2.52 bits per heavy atom. The van der Waals surface area contributed by atoms with E-state index in [0.29, 0.717) is 49.1 Å². The molecule has 0 radical (unpaired) electrons. The first-order valence-electron chi connectivity index (χ1n) is 13.5. The Labute approximate surface area is 248 Å². The summed E-state index contributed by atoms with van der Waals surface area (Å²) >= 11 is 0. The van der Waals surface area contributed by atoms with Crippen LogP contribution in [0, 0.1) is 5.82 Å². The van der Waals surface area contributed by atoms with E-state index in [1.54, 1.807) is 24.1 Å². The van der Waals surface area contributed by atoms with Gasteiger partial charge in [0.2, 0.25) is 11.9 Å². The molecule has 44 heavy (non-hydrogen) atoms. The Morgan fingerprint density at radius 2 is 1.86 bits per heavy atom. The molecule has 3 aromatic heterocycles. The van der Waals surface area contributed by atoms with Crippen LogP contribution in [0.1, 0.15) is 24.2 Å². The summed E-state index contributed by atoms with van der Waals surface area (Å²) in [6.45, 7) is 1.91. The van der Waals surface area contributed by atoms with Crippen LogP contribution in [0.25, 0.3) is 11.1 Å². The van der Waals surface area contributed by atoms with Crippen LogP contribution < -0.4 is 15.4 Å². The molecular weight excluding hydrogens is 590 g/mol. The summed E-state index contributed by atoms with van der Waals surface area (Å²) < 4.78 is 77.0. The molecule has 1 aliphatic rings. The van der Waals surface area contributed by atoms with E-state index in [1.165, 1.54) is 31.6 Å². The van der Waals surface area contributed by atoms with Gasteiger partial charge < -0.3 is 29.4 Å². The van der Waals surface area contributed by atoms with Crippen LogP contribution in [-0.2, 0) is 32.6 Å². The third-order valence-corrected chi connectivity index (χ3v) is 7.00. The summed E-state index contributed by atoms with van der Waals surface area (Å²) in [6, 6.07) is 5.34. The number of carbonyl (C=O) groups excluding carboxylic acids is 1. The van der Waals surface area contributed by atoms with Crippen molar-refractivity contribution in [3.05, 3.63) is 60.0 Å². The Bertz CT molecular complexity index is 1590. The average molecular weight is 620 g/mol. The van der Waals surface area contributed by atoms with Gasteiger partial charge in [-0.15, -0.1) is 5.10 Å². The second-order valence-electron chi connectivity index (χ2n) is 10.0. The zero-order chi connectivity index (χ0) is 31.3. The van der Waals surface area contributed by atoms with Crippen LogP contribution in [-0.4, -0.2) is 71.0 Å². The zero-order valence-corrected chi connectivity index (χ0v) is 23.8. The molecule has 234 valence electrons.